The van der Waals surface area contributed by atoms with Crippen LogP contribution >= 0.6 is 15.9 Å². The zero-order valence-electron chi connectivity index (χ0n) is 12.4. The van der Waals surface area contributed by atoms with Crippen LogP contribution in [-0.2, 0) is 0 Å². The van der Waals surface area contributed by atoms with Crippen molar-refractivity contribution in [2.45, 2.75) is 27.2 Å². The van der Waals surface area contributed by atoms with E-state index >= 15 is 0 Å². The Hall–Kier alpha value is -1.09. The van der Waals surface area contributed by atoms with Crippen LogP contribution < -0.4 is 4.90 Å². The Kier molecular flexibility index (Phi) is 3.72. The van der Waals surface area contributed by atoms with Gasteiger partial charge in [-0.1, -0.05) is 26.0 Å². The van der Waals surface area contributed by atoms with Gasteiger partial charge in [-0.3, -0.25) is 4.98 Å². The Bertz CT molecular complexity index is 628. The molecule has 0 N–H and O–H groups in total. The number of anilines is 1. The van der Waals surface area contributed by atoms with E-state index in [9.17, 15) is 0 Å². The topological polar surface area (TPSA) is 16.1 Å². The van der Waals surface area contributed by atoms with Gasteiger partial charge in [0.2, 0.25) is 0 Å². The lowest BCUT2D eigenvalue weighted by atomic mass is 9.91. The van der Waals surface area contributed by atoms with Crippen LogP contribution in [0.3, 0.4) is 0 Å². The number of para-hydroxylation sites is 1. The largest absolute Gasteiger partial charge is 0.370 e. The van der Waals surface area contributed by atoms with E-state index in [1.54, 1.807) is 0 Å². The van der Waals surface area contributed by atoms with Crippen molar-refractivity contribution in [1.29, 1.82) is 0 Å². The van der Waals surface area contributed by atoms with Gasteiger partial charge >= 0.3 is 0 Å². The minimum atomic E-state index is 0.759. The number of hydrogen-bond donors (Lipinski definition) is 0. The second kappa shape index (κ2) is 5.36. The normalized spacial score (nSPS) is 23.3. The highest BCUT2D eigenvalue weighted by molar-refractivity contribution is 9.10. The molecule has 3 heteroatoms. The first-order chi connectivity index (χ1) is 9.54. The maximum atomic E-state index is 4.70. The average molecular weight is 333 g/mol. The van der Waals surface area contributed by atoms with Crippen molar-refractivity contribution in [2.75, 3.05) is 18.0 Å². The summed E-state index contributed by atoms with van der Waals surface area (Å²) in [6, 6.07) is 8.59. The molecule has 1 aromatic heterocycles. The van der Waals surface area contributed by atoms with Crippen molar-refractivity contribution in [3.8, 4) is 0 Å². The lowest BCUT2D eigenvalue weighted by Crippen LogP contribution is -2.38. The van der Waals surface area contributed by atoms with E-state index in [1.165, 1.54) is 17.5 Å². The fourth-order valence-electron chi connectivity index (χ4n) is 3.44. The molecule has 2 atom stereocenters. The minimum Gasteiger partial charge on any atom is -0.370 e. The SMILES string of the molecule is Cc1cc(N2CC(C)CC(C)C2)c2cccc(Br)c2n1. The molecule has 2 unspecified atom stereocenters. The maximum absolute atomic E-state index is 4.70. The Balaban J connectivity index is 2.13. The molecule has 20 heavy (non-hydrogen) atoms. The van der Waals surface area contributed by atoms with Crippen LogP contribution in [0.2, 0.25) is 0 Å². The molecule has 1 aliphatic rings. The van der Waals surface area contributed by atoms with Crippen molar-refractivity contribution < 1.29 is 0 Å². The molecule has 0 aliphatic carbocycles. The van der Waals surface area contributed by atoms with Crippen LogP contribution in [0.25, 0.3) is 10.9 Å². The minimum absolute atomic E-state index is 0.759. The smallest absolute Gasteiger partial charge is 0.0867 e. The quantitative estimate of drug-likeness (QED) is 0.746. The van der Waals surface area contributed by atoms with E-state index in [-0.39, 0.29) is 0 Å². The van der Waals surface area contributed by atoms with Gasteiger partial charge in [-0.05, 0) is 53.2 Å². The molecule has 1 fully saturated rings. The van der Waals surface area contributed by atoms with Crippen LogP contribution in [0, 0.1) is 18.8 Å². The zero-order valence-corrected chi connectivity index (χ0v) is 13.9. The summed E-state index contributed by atoms with van der Waals surface area (Å²) in [5.41, 5.74) is 3.51. The van der Waals surface area contributed by atoms with Gasteiger partial charge in [0, 0.05) is 34.3 Å². The predicted molar refractivity (Wildman–Crippen MR) is 89.3 cm³/mol. The first-order valence-corrected chi connectivity index (χ1v) is 8.14. The summed E-state index contributed by atoms with van der Waals surface area (Å²) in [5, 5.41) is 1.26. The van der Waals surface area contributed by atoms with Crippen molar-refractivity contribution in [2.24, 2.45) is 11.8 Å². The number of benzene rings is 1. The van der Waals surface area contributed by atoms with Crippen LogP contribution in [0.15, 0.2) is 28.7 Å². The van der Waals surface area contributed by atoms with E-state index in [1.807, 2.05) is 0 Å². The zero-order chi connectivity index (χ0) is 14.3. The predicted octanol–water partition coefficient (Wildman–Crippen LogP) is 4.79. The molecule has 1 aliphatic heterocycles. The summed E-state index contributed by atoms with van der Waals surface area (Å²) in [5.74, 6) is 1.52. The van der Waals surface area contributed by atoms with Crippen LogP contribution in [0.1, 0.15) is 26.0 Å². The number of fused-ring (bicyclic) bond motifs is 1. The second-order valence-corrected chi connectivity index (χ2v) is 7.12. The number of nitrogens with zero attached hydrogens (tertiary/aromatic N) is 2. The highest BCUT2D eigenvalue weighted by atomic mass is 79.9. The number of halogens is 1. The average Bonchev–Trinajstić information content (AvgIpc) is 2.38. The Labute approximate surface area is 129 Å². The molecule has 106 valence electrons. The summed E-state index contributed by atoms with van der Waals surface area (Å²) in [4.78, 5) is 7.24. The summed E-state index contributed by atoms with van der Waals surface area (Å²) in [7, 11) is 0. The van der Waals surface area contributed by atoms with Crippen LogP contribution in [-0.4, -0.2) is 18.1 Å². The molecule has 1 saturated heterocycles. The molecule has 2 aromatic rings. The van der Waals surface area contributed by atoms with Crippen molar-refractivity contribution in [3.05, 3.63) is 34.4 Å². The maximum Gasteiger partial charge on any atom is 0.0867 e. The van der Waals surface area contributed by atoms with Gasteiger partial charge in [0.1, 0.15) is 0 Å². The number of hydrogen-bond acceptors (Lipinski definition) is 2. The number of aromatic nitrogens is 1. The van der Waals surface area contributed by atoms with Crippen LogP contribution in [0.5, 0.6) is 0 Å². The third kappa shape index (κ3) is 2.56. The van der Waals surface area contributed by atoms with Gasteiger partial charge in [-0.2, -0.15) is 0 Å². The van der Waals surface area contributed by atoms with E-state index in [0.29, 0.717) is 0 Å². The van der Waals surface area contributed by atoms with Crippen LogP contribution in [0.4, 0.5) is 5.69 Å². The molecule has 0 saturated carbocycles. The summed E-state index contributed by atoms with van der Waals surface area (Å²) >= 11 is 3.63. The van der Waals surface area contributed by atoms with Crippen molar-refractivity contribution >= 4 is 32.5 Å². The molecule has 0 spiro atoms. The molecule has 0 radical (unpaired) electrons. The lowest BCUT2D eigenvalue weighted by Gasteiger charge is -2.37. The Morgan fingerprint density at radius 1 is 1.20 bits per heavy atom. The number of pyridine rings is 1. The van der Waals surface area contributed by atoms with Gasteiger partial charge in [0.15, 0.2) is 0 Å². The highest BCUT2D eigenvalue weighted by Gasteiger charge is 2.23. The molecule has 3 rings (SSSR count). The molecule has 0 amide bonds. The second-order valence-electron chi connectivity index (χ2n) is 6.27. The summed E-state index contributed by atoms with van der Waals surface area (Å²) in [6.07, 6.45) is 1.34. The summed E-state index contributed by atoms with van der Waals surface area (Å²) in [6.45, 7) is 9.09. The van der Waals surface area contributed by atoms with Crippen molar-refractivity contribution in [3.63, 3.8) is 0 Å². The van der Waals surface area contributed by atoms with E-state index in [2.05, 4.69) is 65.9 Å². The Morgan fingerprint density at radius 3 is 2.60 bits per heavy atom. The van der Waals surface area contributed by atoms with Crippen molar-refractivity contribution in [1.82, 2.24) is 4.98 Å². The van der Waals surface area contributed by atoms with Gasteiger partial charge in [-0.25, -0.2) is 0 Å². The standard InChI is InChI=1S/C17H21BrN2/c1-11-7-12(2)10-20(9-11)16-8-13(3)19-17-14(16)5-4-6-15(17)18/h4-6,8,11-12H,7,9-10H2,1-3H3. The number of aryl methyl sites for hydroxylation is 1. The fourth-order valence-corrected chi connectivity index (χ4v) is 3.90. The monoisotopic (exact) mass is 332 g/mol. The molecule has 1 aromatic carbocycles. The molecular weight excluding hydrogens is 312 g/mol. The molecule has 0 bridgehead atoms. The van der Waals surface area contributed by atoms with Gasteiger partial charge in [-0.15, -0.1) is 0 Å². The fraction of sp³-hybridized carbons (Fsp3) is 0.471. The van der Waals surface area contributed by atoms with Gasteiger partial charge in [0.05, 0.1) is 5.52 Å². The van der Waals surface area contributed by atoms with Gasteiger partial charge in [0.25, 0.3) is 0 Å². The van der Waals surface area contributed by atoms with E-state index in [4.69, 9.17) is 4.98 Å². The third-order valence-electron chi connectivity index (χ3n) is 4.11. The Morgan fingerprint density at radius 2 is 1.90 bits per heavy atom. The number of rotatable bonds is 1. The molecule has 2 nitrogen and oxygen atoms in total. The first kappa shape index (κ1) is 13.9. The third-order valence-corrected chi connectivity index (χ3v) is 4.75. The molecule has 2 heterocycles. The summed E-state index contributed by atoms with van der Waals surface area (Å²) < 4.78 is 1.08. The van der Waals surface area contributed by atoms with E-state index in [0.717, 1.165) is 40.6 Å². The van der Waals surface area contributed by atoms with E-state index < -0.39 is 0 Å². The van der Waals surface area contributed by atoms with Gasteiger partial charge < -0.3 is 4.90 Å². The highest BCUT2D eigenvalue weighted by Crippen LogP contribution is 2.34. The first-order valence-electron chi connectivity index (χ1n) is 7.35. The molecular formula is C17H21BrN2. The number of piperidine rings is 1. The lowest BCUT2D eigenvalue weighted by molar-refractivity contribution is 0.357.